The third-order valence-corrected chi connectivity index (χ3v) is 6.91. The van der Waals surface area contributed by atoms with Crippen molar-refractivity contribution in [3.05, 3.63) is 84.2 Å². The number of aromatic nitrogens is 1. The monoisotopic (exact) mass is 447 g/mol. The van der Waals surface area contributed by atoms with E-state index in [4.69, 9.17) is 4.74 Å². The molecule has 1 fully saturated rings. The normalized spacial score (nSPS) is 15.0. The van der Waals surface area contributed by atoms with Gasteiger partial charge < -0.3 is 9.64 Å². The van der Waals surface area contributed by atoms with Crippen molar-refractivity contribution in [2.75, 3.05) is 52.1 Å². The van der Waals surface area contributed by atoms with Crippen LogP contribution >= 0.6 is 11.8 Å². The molecule has 5 heteroatoms. The van der Waals surface area contributed by atoms with Crippen molar-refractivity contribution in [2.45, 2.75) is 12.2 Å². The largest absolute Gasteiger partial charge is 0.492 e. The number of thioether (sulfide) groups is 1. The van der Waals surface area contributed by atoms with Crippen molar-refractivity contribution in [3.63, 3.8) is 0 Å². The number of pyridine rings is 1. The molecule has 1 aromatic heterocycles. The van der Waals surface area contributed by atoms with Crippen molar-refractivity contribution < 1.29 is 4.74 Å². The Balaban J connectivity index is 1.19. The second kappa shape index (κ2) is 12.0. The summed E-state index contributed by atoms with van der Waals surface area (Å²) in [4.78, 5) is 9.52. The van der Waals surface area contributed by atoms with Crippen LogP contribution in [0.5, 0.6) is 5.75 Å². The minimum atomic E-state index is 0.737. The van der Waals surface area contributed by atoms with Crippen molar-refractivity contribution in [2.24, 2.45) is 0 Å². The molecule has 0 radical (unpaired) electrons. The third-order valence-electron chi connectivity index (χ3n) is 5.91. The van der Waals surface area contributed by atoms with Crippen LogP contribution in [0.4, 0.5) is 0 Å². The van der Waals surface area contributed by atoms with E-state index < -0.39 is 0 Å². The molecule has 0 aliphatic carbocycles. The van der Waals surface area contributed by atoms with Crippen LogP contribution in [0.1, 0.15) is 11.3 Å². The predicted molar refractivity (Wildman–Crippen MR) is 135 cm³/mol. The highest BCUT2D eigenvalue weighted by molar-refractivity contribution is 7.98. The maximum absolute atomic E-state index is 5.96. The first-order valence-corrected chi connectivity index (χ1v) is 12.6. The molecule has 1 saturated heterocycles. The van der Waals surface area contributed by atoms with Crippen LogP contribution in [-0.4, -0.2) is 66.9 Å². The van der Waals surface area contributed by atoms with Gasteiger partial charge in [0.2, 0.25) is 0 Å². The van der Waals surface area contributed by atoms with Crippen LogP contribution in [0.25, 0.3) is 11.1 Å². The zero-order valence-corrected chi connectivity index (χ0v) is 19.8. The number of piperazine rings is 1. The van der Waals surface area contributed by atoms with Gasteiger partial charge in [0.25, 0.3) is 0 Å². The van der Waals surface area contributed by atoms with Gasteiger partial charge >= 0.3 is 0 Å². The SMILES string of the molecule is CN1CCN(CCOc2ccc(-c3ccc(CSCCc4ccccc4)nc3)cc2)CC1. The molecule has 0 saturated carbocycles. The number of likely N-dealkylation sites (N-methyl/N-ethyl adjacent to an activating group) is 1. The Morgan fingerprint density at radius 1 is 0.875 bits per heavy atom. The first kappa shape index (κ1) is 22.8. The Morgan fingerprint density at radius 3 is 2.34 bits per heavy atom. The molecule has 32 heavy (non-hydrogen) atoms. The molecule has 2 heterocycles. The summed E-state index contributed by atoms with van der Waals surface area (Å²) >= 11 is 1.94. The third kappa shape index (κ3) is 7.09. The predicted octanol–water partition coefficient (Wildman–Crippen LogP) is 4.85. The van der Waals surface area contributed by atoms with Crippen molar-refractivity contribution in [3.8, 4) is 16.9 Å². The molecule has 0 spiro atoms. The second-order valence-corrected chi connectivity index (χ2v) is 9.45. The summed E-state index contributed by atoms with van der Waals surface area (Å²) < 4.78 is 5.96. The highest BCUT2D eigenvalue weighted by atomic mass is 32.2. The van der Waals surface area contributed by atoms with E-state index in [1.807, 2.05) is 18.0 Å². The number of hydrogen-bond acceptors (Lipinski definition) is 5. The van der Waals surface area contributed by atoms with Gasteiger partial charge in [0.15, 0.2) is 0 Å². The fourth-order valence-corrected chi connectivity index (χ4v) is 4.70. The van der Waals surface area contributed by atoms with Crippen LogP contribution in [0.15, 0.2) is 72.9 Å². The highest BCUT2D eigenvalue weighted by Crippen LogP contribution is 2.23. The second-order valence-electron chi connectivity index (χ2n) is 8.34. The van der Waals surface area contributed by atoms with E-state index in [0.717, 1.165) is 74.3 Å². The van der Waals surface area contributed by atoms with E-state index >= 15 is 0 Å². The molecule has 0 bridgehead atoms. The topological polar surface area (TPSA) is 28.6 Å². The van der Waals surface area contributed by atoms with Crippen LogP contribution in [0, 0.1) is 0 Å². The quantitative estimate of drug-likeness (QED) is 0.414. The Kier molecular flexibility index (Phi) is 8.60. The van der Waals surface area contributed by atoms with E-state index in [1.54, 1.807) is 0 Å². The van der Waals surface area contributed by atoms with E-state index in [0.29, 0.717) is 0 Å². The molecule has 1 aliphatic heterocycles. The van der Waals surface area contributed by atoms with Gasteiger partial charge in [0.05, 0.1) is 5.69 Å². The number of rotatable bonds is 10. The van der Waals surface area contributed by atoms with Crippen LogP contribution in [-0.2, 0) is 12.2 Å². The average Bonchev–Trinajstić information content (AvgIpc) is 2.85. The van der Waals surface area contributed by atoms with Crippen LogP contribution in [0.3, 0.4) is 0 Å². The van der Waals surface area contributed by atoms with Gasteiger partial charge in [-0.1, -0.05) is 48.5 Å². The number of benzene rings is 2. The lowest BCUT2D eigenvalue weighted by Gasteiger charge is -2.32. The molecule has 1 aliphatic rings. The van der Waals surface area contributed by atoms with Crippen molar-refractivity contribution in [1.29, 1.82) is 0 Å². The lowest BCUT2D eigenvalue weighted by atomic mass is 10.1. The Morgan fingerprint density at radius 2 is 1.62 bits per heavy atom. The number of nitrogens with zero attached hydrogens (tertiary/aromatic N) is 3. The molecule has 4 rings (SSSR count). The number of aryl methyl sites for hydroxylation is 1. The molecule has 4 nitrogen and oxygen atoms in total. The molecule has 0 amide bonds. The first-order chi connectivity index (χ1) is 15.8. The lowest BCUT2D eigenvalue weighted by Crippen LogP contribution is -2.45. The molecule has 0 atom stereocenters. The summed E-state index contributed by atoms with van der Waals surface area (Å²) in [5.41, 5.74) is 4.85. The van der Waals surface area contributed by atoms with Gasteiger partial charge in [-0.15, -0.1) is 0 Å². The van der Waals surface area contributed by atoms with E-state index in [2.05, 4.69) is 88.6 Å². The maximum atomic E-state index is 5.96. The van der Waals surface area contributed by atoms with Crippen LogP contribution < -0.4 is 4.74 Å². The summed E-state index contributed by atoms with van der Waals surface area (Å²) in [5.74, 6) is 3.00. The highest BCUT2D eigenvalue weighted by Gasteiger charge is 2.13. The van der Waals surface area contributed by atoms with Crippen molar-refractivity contribution >= 4 is 11.8 Å². The molecule has 2 aromatic carbocycles. The Labute approximate surface area is 196 Å². The summed E-state index contributed by atoms with van der Waals surface area (Å²) in [5, 5.41) is 0. The molecular formula is C27H33N3OS. The summed E-state index contributed by atoms with van der Waals surface area (Å²) in [7, 11) is 2.19. The van der Waals surface area contributed by atoms with E-state index in [-0.39, 0.29) is 0 Å². The zero-order valence-electron chi connectivity index (χ0n) is 19.0. The van der Waals surface area contributed by atoms with Gasteiger partial charge in [0.1, 0.15) is 12.4 Å². The standard InChI is InChI=1S/C27H33N3OS/c1-29-14-16-30(17-15-29)18-19-31-27-11-8-24(9-12-27)25-7-10-26(28-21-25)22-32-20-13-23-5-3-2-4-6-23/h2-12,21H,13-20,22H2,1H3. The number of ether oxygens (including phenoxy) is 1. The zero-order chi connectivity index (χ0) is 22.0. The fourth-order valence-electron chi connectivity index (χ4n) is 3.80. The van der Waals surface area contributed by atoms with E-state index in [1.165, 1.54) is 11.1 Å². The van der Waals surface area contributed by atoms with Gasteiger partial charge in [-0.2, -0.15) is 11.8 Å². The first-order valence-electron chi connectivity index (χ1n) is 11.5. The maximum Gasteiger partial charge on any atom is 0.119 e. The summed E-state index contributed by atoms with van der Waals surface area (Å²) in [6.45, 7) is 6.29. The lowest BCUT2D eigenvalue weighted by molar-refractivity contribution is 0.134. The summed E-state index contributed by atoms with van der Waals surface area (Å²) in [6, 6.07) is 23.3. The molecule has 0 N–H and O–H groups in total. The minimum Gasteiger partial charge on any atom is -0.492 e. The van der Waals surface area contributed by atoms with Gasteiger partial charge in [-0.3, -0.25) is 9.88 Å². The molecular weight excluding hydrogens is 414 g/mol. The Hall–Kier alpha value is -2.34. The van der Waals surface area contributed by atoms with E-state index in [9.17, 15) is 0 Å². The Bertz CT molecular complexity index is 923. The van der Waals surface area contributed by atoms with Gasteiger partial charge in [-0.05, 0) is 48.5 Å². The molecule has 3 aromatic rings. The fraction of sp³-hybridized carbons (Fsp3) is 0.370. The molecule has 168 valence electrons. The average molecular weight is 448 g/mol. The smallest absolute Gasteiger partial charge is 0.119 e. The van der Waals surface area contributed by atoms with Gasteiger partial charge in [0, 0.05) is 50.2 Å². The van der Waals surface area contributed by atoms with Crippen LogP contribution in [0.2, 0.25) is 0 Å². The van der Waals surface area contributed by atoms with Gasteiger partial charge in [-0.25, -0.2) is 0 Å². The number of hydrogen-bond donors (Lipinski definition) is 0. The minimum absolute atomic E-state index is 0.737. The summed E-state index contributed by atoms with van der Waals surface area (Å²) in [6.07, 6.45) is 3.09. The van der Waals surface area contributed by atoms with Crippen molar-refractivity contribution in [1.82, 2.24) is 14.8 Å². The molecule has 0 unspecified atom stereocenters.